The summed E-state index contributed by atoms with van der Waals surface area (Å²) >= 11 is 1.35. The average molecular weight is 444 g/mol. The Morgan fingerprint density at radius 3 is 2.32 bits per heavy atom. The molecule has 1 aromatic carbocycles. The van der Waals surface area contributed by atoms with E-state index >= 15 is 0 Å². The molecule has 1 aliphatic rings. The van der Waals surface area contributed by atoms with Crippen molar-refractivity contribution in [1.82, 2.24) is 4.90 Å². The van der Waals surface area contributed by atoms with Gasteiger partial charge in [-0.05, 0) is 57.0 Å². The number of anilines is 2. The maximum Gasteiger partial charge on any atom is 0.412 e. The third kappa shape index (κ3) is 6.08. The lowest BCUT2D eigenvalue weighted by Gasteiger charge is -2.23. The first-order chi connectivity index (χ1) is 14.6. The van der Waals surface area contributed by atoms with Gasteiger partial charge in [-0.3, -0.25) is 10.1 Å². The van der Waals surface area contributed by atoms with Crippen molar-refractivity contribution in [1.29, 1.82) is 0 Å². The fourth-order valence-corrected chi connectivity index (χ4v) is 3.97. The Balaban J connectivity index is 1.68. The fourth-order valence-electron chi connectivity index (χ4n) is 3.00. The number of nitrogens with one attached hydrogen (secondary N) is 2. The minimum atomic E-state index is -0.930. The van der Waals surface area contributed by atoms with Gasteiger partial charge in [0.15, 0.2) is 0 Å². The van der Waals surface area contributed by atoms with E-state index < -0.39 is 17.8 Å². The van der Waals surface area contributed by atoms with Crippen LogP contribution in [0.5, 0.6) is 0 Å². The topological polar surface area (TPSA) is 108 Å². The Labute approximate surface area is 184 Å². The van der Waals surface area contributed by atoms with Crippen LogP contribution in [0.4, 0.5) is 21.0 Å². The molecule has 3 amide bonds. The number of nitrogens with zero attached hydrogens (tertiary/aromatic N) is 1. The number of ether oxygens (including phenoxy) is 1. The van der Waals surface area contributed by atoms with Crippen LogP contribution in [-0.4, -0.2) is 46.8 Å². The fraction of sp³-hybridized carbons (Fsp3) is 0.318. The van der Waals surface area contributed by atoms with Crippen molar-refractivity contribution in [2.45, 2.75) is 32.8 Å². The second kappa shape index (κ2) is 9.22. The summed E-state index contributed by atoms with van der Waals surface area (Å²) < 4.78 is 5.27. The van der Waals surface area contributed by atoms with Crippen LogP contribution in [0.25, 0.3) is 5.57 Å². The third-order valence-corrected chi connectivity index (χ3v) is 5.60. The van der Waals surface area contributed by atoms with E-state index in [1.807, 2.05) is 12.1 Å². The van der Waals surface area contributed by atoms with Gasteiger partial charge in [0, 0.05) is 18.0 Å². The van der Waals surface area contributed by atoms with E-state index in [0.29, 0.717) is 35.8 Å². The highest BCUT2D eigenvalue weighted by molar-refractivity contribution is 7.15. The molecule has 3 N–H and O–H groups in total. The number of rotatable bonds is 4. The molecule has 0 saturated carbocycles. The van der Waals surface area contributed by atoms with E-state index in [0.717, 1.165) is 10.5 Å². The molecule has 1 aliphatic heterocycles. The number of benzene rings is 1. The number of hydrogen-bond donors (Lipinski definition) is 3. The van der Waals surface area contributed by atoms with Crippen LogP contribution in [0.15, 0.2) is 42.5 Å². The summed E-state index contributed by atoms with van der Waals surface area (Å²) in [6.45, 7) is 6.10. The van der Waals surface area contributed by atoms with Crippen LogP contribution in [0, 0.1) is 0 Å². The van der Waals surface area contributed by atoms with Gasteiger partial charge < -0.3 is 20.1 Å². The summed E-state index contributed by atoms with van der Waals surface area (Å²) in [5.74, 6) is -0.293. The van der Waals surface area contributed by atoms with Crippen LogP contribution < -0.4 is 10.6 Å². The van der Waals surface area contributed by atoms with E-state index in [4.69, 9.17) is 9.84 Å². The highest BCUT2D eigenvalue weighted by Crippen LogP contribution is 2.30. The van der Waals surface area contributed by atoms with Crippen LogP contribution in [0.2, 0.25) is 0 Å². The Kier molecular flexibility index (Phi) is 6.65. The minimum Gasteiger partial charge on any atom is -0.465 e. The second-order valence-electron chi connectivity index (χ2n) is 8.00. The molecule has 8 nitrogen and oxygen atoms in total. The largest absolute Gasteiger partial charge is 0.465 e. The van der Waals surface area contributed by atoms with Gasteiger partial charge in [0.05, 0.1) is 16.3 Å². The predicted octanol–water partition coefficient (Wildman–Crippen LogP) is 5.11. The first kappa shape index (κ1) is 22.4. The summed E-state index contributed by atoms with van der Waals surface area (Å²) in [6, 6.07) is 10.5. The molecule has 31 heavy (non-hydrogen) atoms. The molecular weight excluding hydrogens is 418 g/mol. The van der Waals surface area contributed by atoms with E-state index in [1.165, 1.54) is 16.2 Å². The number of carboxylic acid groups (broad SMARTS) is 1. The van der Waals surface area contributed by atoms with E-state index in [-0.39, 0.29) is 5.91 Å². The summed E-state index contributed by atoms with van der Waals surface area (Å²) in [7, 11) is 0. The molecule has 2 aromatic rings. The molecule has 0 saturated heterocycles. The highest BCUT2D eigenvalue weighted by Gasteiger charge is 2.20. The Morgan fingerprint density at radius 2 is 1.74 bits per heavy atom. The zero-order valence-corrected chi connectivity index (χ0v) is 18.4. The van der Waals surface area contributed by atoms with Gasteiger partial charge >= 0.3 is 12.2 Å². The number of para-hydroxylation sites is 2. The molecule has 0 bridgehead atoms. The minimum absolute atomic E-state index is 0.293. The number of carbonyl (C=O) groups excluding carboxylic acids is 2. The number of thiophene rings is 1. The van der Waals surface area contributed by atoms with E-state index in [1.54, 1.807) is 51.1 Å². The molecule has 0 aliphatic carbocycles. The van der Waals surface area contributed by atoms with Gasteiger partial charge in [-0.1, -0.05) is 18.2 Å². The normalized spacial score (nSPS) is 13.9. The molecule has 0 spiro atoms. The quantitative estimate of drug-likeness (QED) is 0.608. The first-order valence-corrected chi connectivity index (χ1v) is 10.6. The summed E-state index contributed by atoms with van der Waals surface area (Å²) in [6.07, 6.45) is 0.953. The van der Waals surface area contributed by atoms with Gasteiger partial charge in [0.1, 0.15) is 5.60 Å². The lowest BCUT2D eigenvalue weighted by atomic mass is 10.1. The lowest BCUT2D eigenvalue weighted by molar-refractivity contribution is 0.0635. The van der Waals surface area contributed by atoms with Gasteiger partial charge in [0.2, 0.25) is 0 Å². The first-order valence-electron chi connectivity index (χ1n) is 9.80. The molecule has 164 valence electrons. The molecule has 0 fully saturated rings. The van der Waals surface area contributed by atoms with Gasteiger partial charge in [-0.25, -0.2) is 9.59 Å². The standard InChI is InChI=1S/C22H25N3O5S/c1-22(2,3)30-20(27)24-16-7-5-4-6-15(16)23-19(26)18-9-8-17(31-18)14-10-12-25(13-11-14)21(28)29/h4-10H,11-13H2,1-3H3,(H,23,26)(H,24,27)(H,28,29). The molecule has 3 rings (SSSR count). The van der Waals surface area contributed by atoms with Crippen LogP contribution >= 0.6 is 11.3 Å². The van der Waals surface area contributed by atoms with Gasteiger partial charge in [-0.15, -0.1) is 11.3 Å². The summed E-state index contributed by atoms with van der Waals surface area (Å²) in [5, 5.41) is 14.5. The maximum atomic E-state index is 12.8. The molecule has 1 aromatic heterocycles. The monoisotopic (exact) mass is 443 g/mol. The zero-order valence-electron chi connectivity index (χ0n) is 17.6. The smallest absolute Gasteiger partial charge is 0.412 e. The average Bonchev–Trinajstić information content (AvgIpc) is 3.18. The van der Waals surface area contributed by atoms with Crippen molar-refractivity contribution in [2.75, 3.05) is 23.7 Å². The Bertz CT molecular complexity index is 1020. The van der Waals surface area contributed by atoms with Crippen molar-refractivity contribution >= 4 is 46.4 Å². The van der Waals surface area contributed by atoms with Crippen LogP contribution in [-0.2, 0) is 4.74 Å². The number of carbonyl (C=O) groups is 3. The molecule has 2 heterocycles. The molecule has 9 heteroatoms. The van der Waals surface area contributed by atoms with Crippen molar-refractivity contribution in [3.05, 3.63) is 52.2 Å². The van der Waals surface area contributed by atoms with E-state index in [9.17, 15) is 14.4 Å². The molecule has 0 atom stereocenters. The van der Waals surface area contributed by atoms with Crippen molar-refractivity contribution in [3.63, 3.8) is 0 Å². The maximum absolute atomic E-state index is 12.8. The number of amides is 3. The molecule has 0 unspecified atom stereocenters. The molecule has 0 radical (unpaired) electrons. The van der Waals surface area contributed by atoms with Crippen molar-refractivity contribution in [3.8, 4) is 0 Å². The van der Waals surface area contributed by atoms with Crippen molar-refractivity contribution in [2.24, 2.45) is 0 Å². The number of hydrogen-bond acceptors (Lipinski definition) is 5. The van der Waals surface area contributed by atoms with Gasteiger partial charge in [-0.2, -0.15) is 0 Å². The summed E-state index contributed by atoms with van der Waals surface area (Å²) in [5.41, 5.74) is 1.30. The summed E-state index contributed by atoms with van der Waals surface area (Å²) in [4.78, 5) is 38.7. The SMILES string of the molecule is CC(C)(C)OC(=O)Nc1ccccc1NC(=O)c1ccc(C2=CCN(C(=O)O)CC2)s1. The second-order valence-corrected chi connectivity index (χ2v) is 9.08. The molecular formula is C22H25N3O5S. The third-order valence-electron chi connectivity index (χ3n) is 4.44. The van der Waals surface area contributed by atoms with Crippen LogP contribution in [0.1, 0.15) is 41.7 Å². The zero-order chi connectivity index (χ0) is 22.6. The van der Waals surface area contributed by atoms with Gasteiger partial charge in [0.25, 0.3) is 5.91 Å². The van der Waals surface area contributed by atoms with Crippen molar-refractivity contribution < 1.29 is 24.2 Å². The van der Waals surface area contributed by atoms with Crippen LogP contribution in [0.3, 0.4) is 0 Å². The highest BCUT2D eigenvalue weighted by atomic mass is 32.1. The predicted molar refractivity (Wildman–Crippen MR) is 121 cm³/mol. The van der Waals surface area contributed by atoms with E-state index in [2.05, 4.69) is 10.6 Å². The lowest BCUT2D eigenvalue weighted by Crippen LogP contribution is -2.33. The Morgan fingerprint density at radius 1 is 1.06 bits per heavy atom. The Hall–Kier alpha value is -3.33.